The lowest BCUT2D eigenvalue weighted by molar-refractivity contribution is 0.286. The highest BCUT2D eigenvalue weighted by Gasteiger charge is 2.18. The van der Waals surface area contributed by atoms with E-state index in [1.165, 1.54) is 16.8 Å². The minimum absolute atomic E-state index is 0.0270. The van der Waals surface area contributed by atoms with E-state index in [1.807, 2.05) is 33.2 Å². The van der Waals surface area contributed by atoms with Gasteiger partial charge in [-0.3, -0.25) is 9.98 Å². The van der Waals surface area contributed by atoms with Crippen LogP contribution in [0.25, 0.3) is 10.1 Å². The standard InChI is InChI=1S/C18H17N3OS.C2H6/c1-19-15-5-2-11-8-12(3-4-13(11)15)21-18-14-6-7-20-9-16(14)23-17(18)10-22;1-2/h3-4,6-9,21-22H,2,5,10H2,1H3;1-2H3. The van der Waals surface area contributed by atoms with Crippen LogP contribution in [0, 0.1) is 0 Å². The van der Waals surface area contributed by atoms with Gasteiger partial charge in [-0.15, -0.1) is 11.3 Å². The molecule has 0 amide bonds. The maximum Gasteiger partial charge on any atom is 0.0795 e. The number of pyridine rings is 1. The van der Waals surface area contributed by atoms with Crippen molar-refractivity contribution in [1.29, 1.82) is 0 Å². The zero-order chi connectivity index (χ0) is 17.8. The molecule has 0 atom stereocenters. The Labute approximate surface area is 152 Å². The summed E-state index contributed by atoms with van der Waals surface area (Å²) < 4.78 is 1.08. The van der Waals surface area contributed by atoms with Crippen LogP contribution in [0.4, 0.5) is 11.4 Å². The number of anilines is 2. The molecule has 0 fully saturated rings. The predicted octanol–water partition coefficient (Wildman–Crippen LogP) is 4.92. The molecule has 2 heterocycles. The van der Waals surface area contributed by atoms with Crippen LogP contribution in [0.5, 0.6) is 0 Å². The normalized spacial score (nSPS) is 14.3. The Morgan fingerprint density at radius 2 is 2.08 bits per heavy atom. The van der Waals surface area contributed by atoms with Crippen molar-refractivity contribution in [3.8, 4) is 0 Å². The van der Waals surface area contributed by atoms with E-state index in [1.54, 1.807) is 17.5 Å². The van der Waals surface area contributed by atoms with Gasteiger partial charge in [0.25, 0.3) is 0 Å². The summed E-state index contributed by atoms with van der Waals surface area (Å²) in [7, 11) is 1.86. The van der Waals surface area contributed by atoms with Crippen molar-refractivity contribution >= 4 is 38.5 Å². The summed E-state index contributed by atoms with van der Waals surface area (Å²) >= 11 is 1.58. The van der Waals surface area contributed by atoms with E-state index in [0.717, 1.165) is 39.2 Å². The van der Waals surface area contributed by atoms with E-state index in [-0.39, 0.29) is 6.61 Å². The second kappa shape index (κ2) is 7.76. The molecule has 25 heavy (non-hydrogen) atoms. The van der Waals surface area contributed by atoms with Gasteiger partial charge in [-0.2, -0.15) is 0 Å². The fourth-order valence-corrected chi connectivity index (χ4v) is 4.16. The number of hydrogen-bond acceptors (Lipinski definition) is 5. The molecule has 3 aromatic rings. The number of aliphatic imine (C=N–C) groups is 1. The molecule has 5 heteroatoms. The molecule has 4 nitrogen and oxygen atoms in total. The molecular weight excluding hydrogens is 330 g/mol. The Balaban J connectivity index is 0.000000880. The zero-order valence-corrected chi connectivity index (χ0v) is 15.7. The number of benzene rings is 1. The smallest absolute Gasteiger partial charge is 0.0795 e. The predicted molar refractivity (Wildman–Crippen MR) is 107 cm³/mol. The molecule has 1 aliphatic rings. The number of aliphatic hydroxyl groups excluding tert-OH is 1. The molecule has 1 aromatic carbocycles. The number of nitrogens with zero attached hydrogens (tertiary/aromatic N) is 2. The average Bonchev–Trinajstić information content (AvgIpc) is 3.24. The Hall–Kier alpha value is -2.24. The third kappa shape index (κ3) is 3.30. The van der Waals surface area contributed by atoms with E-state index in [0.29, 0.717) is 0 Å². The van der Waals surface area contributed by atoms with E-state index in [9.17, 15) is 5.11 Å². The SMILES string of the molecule is CC.CN=C1CCc2cc(Nc3c(CO)sc4cnccc34)ccc21. The van der Waals surface area contributed by atoms with Crippen molar-refractivity contribution < 1.29 is 5.11 Å². The number of aromatic nitrogens is 1. The highest BCUT2D eigenvalue weighted by molar-refractivity contribution is 7.19. The van der Waals surface area contributed by atoms with Crippen molar-refractivity contribution in [3.63, 3.8) is 0 Å². The van der Waals surface area contributed by atoms with Gasteiger partial charge in [-0.1, -0.05) is 19.9 Å². The van der Waals surface area contributed by atoms with Crippen LogP contribution < -0.4 is 5.32 Å². The summed E-state index contributed by atoms with van der Waals surface area (Å²) in [5.41, 5.74) is 5.82. The van der Waals surface area contributed by atoms with Gasteiger partial charge < -0.3 is 10.4 Å². The van der Waals surface area contributed by atoms with Gasteiger partial charge in [0.1, 0.15) is 0 Å². The third-order valence-electron chi connectivity index (χ3n) is 4.30. The molecule has 0 radical (unpaired) electrons. The molecule has 130 valence electrons. The molecule has 0 spiro atoms. The molecule has 2 aromatic heterocycles. The quantitative estimate of drug-likeness (QED) is 0.702. The van der Waals surface area contributed by atoms with E-state index >= 15 is 0 Å². The van der Waals surface area contributed by atoms with Crippen LogP contribution in [-0.4, -0.2) is 22.8 Å². The number of aryl methyl sites for hydroxylation is 1. The van der Waals surface area contributed by atoms with Crippen LogP contribution in [0.3, 0.4) is 0 Å². The lowest BCUT2D eigenvalue weighted by Gasteiger charge is -2.09. The van der Waals surface area contributed by atoms with Crippen LogP contribution in [0.1, 0.15) is 36.3 Å². The average molecular weight is 353 g/mol. The minimum atomic E-state index is 0.0270. The zero-order valence-electron chi connectivity index (χ0n) is 14.8. The first-order chi connectivity index (χ1) is 12.3. The summed E-state index contributed by atoms with van der Waals surface area (Å²) in [5, 5.41) is 14.2. The van der Waals surface area contributed by atoms with Crippen LogP contribution in [0.2, 0.25) is 0 Å². The molecule has 0 bridgehead atoms. The van der Waals surface area contributed by atoms with Crippen molar-refractivity contribution in [3.05, 3.63) is 52.7 Å². The van der Waals surface area contributed by atoms with Gasteiger partial charge in [0.15, 0.2) is 0 Å². The number of rotatable bonds is 3. The Morgan fingerprint density at radius 3 is 2.84 bits per heavy atom. The number of nitrogens with one attached hydrogen (secondary N) is 1. The topological polar surface area (TPSA) is 57.5 Å². The van der Waals surface area contributed by atoms with Crippen LogP contribution >= 0.6 is 11.3 Å². The van der Waals surface area contributed by atoms with Gasteiger partial charge in [0.2, 0.25) is 0 Å². The molecule has 0 aliphatic heterocycles. The second-order valence-corrected chi connectivity index (χ2v) is 6.73. The fraction of sp³-hybridized carbons (Fsp3) is 0.300. The van der Waals surface area contributed by atoms with Gasteiger partial charge in [-0.05, 0) is 42.2 Å². The summed E-state index contributed by atoms with van der Waals surface area (Å²) in [5.74, 6) is 0. The number of thiophene rings is 1. The molecular formula is C20H23N3OS. The molecule has 0 saturated heterocycles. The van der Waals surface area contributed by atoms with Gasteiger partial charge in [-0.25, -0.2) is 0 Å². The summed E-state index contributed by atoms with van der Waals surface area (Å²) in [6.45, 7) is 4.03. The summed E-state index contributed by atoms with van der Waals surface area (Å²) in [4.78, 5) is 9.46. The highest BCUT2D eigenvalue weighted by Crippen LogP contribution is 2.37. The largest absolute Gasteiger partial charge is 0.391 e. The molecule has 2 N–H and O–H groups in total. The van der Waals surface area contributed by atoms with Crippen molar-refractivity contribution in [2.24, 2.45) is 4.99 Å². The highest BCUT2D eigenvalue weighted by atomic mass is 32.1. The molecule has 4 rings (SSSR count). The minimum Gasteiger partial charge on any atom is -0.391 e. The van der Waals surface area contributed by atoms with Gasteiger partial charge in [0.05, 0.1) is 21.9 Å². The number of aliphatic hydroxyl groups is 1. The van der Waals surface area contributed by atoms with E-state index in [4.69, 9.17) is 0 Å². The first-order valence-electron chi connectivity index (χ1n) is 8.62. The van der Waals surface area contributed by atoms with Gasteiger partial charge >= 0.3 is 0 Å². The first-order valence-corrected chi connectivity index (χ1v) is 9.44. The first kappa shape index (κ1) is 17.6. The van der Waals surface area contributed by atoms with Crippen molar-refractivity contribution in [2.45, 2.75) is 33.3 Å². The third-order valence-corrected chi connectivity index (χ3v) is 5.42. The van der Waals surface area contributed by atoms with Gasteiger partial charge in [0, 0.05) is 36.2 Å². The monoisotopic (exact) mass is 353 g/mol. The Morgan fingerprint density at radius 1 is 1.24 bits per heavy atom. The van der Waals surface area contributed by atoms with Crippen molar-refractivity contribution in [2.75, 3.05) is 12.4 Å². The van der Waals surface area contributed by atoms with Crippen LogP contribution in [-0.2, 0) is 13.0 Å². The lowest BCUT2D eigenvalue weighted by atomic mass is 10.1. The Bertz CT molecular complexity index is 914. The van der Waals surface area contributed by atoms with E-state index in [2.05, 4.69) is 33.5 Å². The van der Waals surface area contributed by atoms with Crippen LogP contribution in [0.15, 0.2) is 41.7 Å². The van der Waals surface area contributed by atoms with E-state index < -0.39 is 0 Å². The Kier molecular flexibility index (Phi) is 5.46. The van der Waals surface area contributed by atoms with Crippen molar-refractivity contribution in [1.82, 2.24) is 4.98 Å². The second-order valence-electron chi connectivity index (χ2n) is 5.60. The molecule has 0 unspecified atom stereocenters. The number of fused-ring (bicyclic) bond motifs is 2. The summed E-state index contributed by atoms with van der Waals surface area (Å²) in [6, 6.07) is 8.41. The fourth-order valence-electron chi connectivity index (χ4n) is 3.17. The lowest BCUT2D eigenvalue weighted by Crippen LogP contribution is -1.96. The maximum absolute atomic E-state index is 9.65. The number of hydrogen-bond donors (Lipinski definition) is 2. The molecule has 0 saturated carbocycles. The molecule has 1 aliphatic carbocycles. The summed E-state index contributed by atoms with van der Waals surface area (Å²) in [6.07, 6.45) is 5.69. The maximum atomic E-state index is 9.65.